The molecule has 0 aliphatic heterocycles. The number of hydrogen-bond acceptors (Lipinski definition) is 3. The van der Waals surface area contributed by atoms with Crippen LogP contribution in [-0.4, -0.2) is 29.6 Å². The molecule has 0 saturated heterocycles. The summed E-state index contributed by atoms with van der Waals surface area (Å²) in [7, 11) is 0. The zero-order chi connectivity index (χ0) is 16.1. The second-order valence-corrected chi connectivity index (χ2v) is 5.37. The van der Waals surface area contributed by atoms with Gasteiger partial charge in [0.15, 0.2) is 0 Å². The Balaban J connectivity index is 1.88. The van der Waals surface area contributed by atoms with Crippen molar-refractivity contribution >= 4 is 17.5 Å². The Labute approximate surface area is 126 Å². The number of amides is 2. The monoisotopic (exact) mass is 312 g/mol. The Bertz CT molecular complexity index is 545. The second-order valence-electron chi connectivity index (χ2n) is 5.37. The first-order chi connectivity index (χ1) is 10.5. The van der Waals surface area contributed by atoms with Gasteiger partial charge in [0.2, 0.25) is 0 Å². The lowest BCUT2D eigenvalue weighted by Gasteiger charge is -2.27. The number of hydrogen-bond donors (Lipinski definition) is 3. The van der Waals surface area contributed by atoms with Gasteiger partial charge in [0.25, 0.3) is 0 Å². The molecule has 0 radical (unpaired) electrons. The highest BCUT2D eigenvalue weighted by molar-refractivity contribution is 6.39. The highest BCUT2D eigenvalue weighted by Crippen LogP contribution is 2.23. The molecule has 3 N–H and O–H groups in total. The number of aliphatic hydroxyl groups is 1. The molecule has 22 heavy (non-hydrogen) atoms. The number of nitrogens with one attached hydrogen (secondary N) is 2. The number of benzene rings is 1. The van der Waals surface area contributed by atoms with Gasteiger partial charge in [0, 0.05) is 12.5 Å². The molecule has 0 heterocycles. The molecule has 0 bridgehead atoms. The van der Waals surface area contributed by atoms with Crippen LogP contribution in [0.2, 0.25) is 0 Å². The average Bonchev–Trinajstić information content (AvgIpc) is 2.49. The quantitative estimate of drug-likeness (QED) is 0.741. The Morgan fingerprint density at radius 2 is 1.77 bits per heavy atom. The van der Waals surface area contributed by atoms with E-state index < -0.39 is 35.2 Å². The smallest absolute Gasteiger partial charge is 0.313 e. The zero-order valence-corrected chi connectivity index (χ0v) is 11.9. The summed E-state index contributed by atoms with van der Waals surface area (Å²) in [5, 5.41) is 14.1. The molecule has 1 fully saturated rings. The molecule has 1 saturated carbocycles. The van der Waals surface area contributed by atoms with E-state index in [9.17, 15) is 23.5 Å². The van der Waals surface area contributed by atoms with Crippen molar-refractivity contribution in [1.29, 1.82) is 0 Å². The van der Waals surface area contributed by atoms with E-state index in [0.29, 0.717) is 6.42 Å². The Morgan fingerprint density at radius 1 is 1.14 bits per heavy atom. The first-order valence-electron chi connectivity index (χ1n) is 7.20. The molecule has 2 atom stereocenters. The molecular weight excluding hydrogens is 294 g/mol. The molecule has 2 amide bonds. The fraction of sp³-hybridized carbons (Fsp3) is 0.467. The van der Waals surface area contributed by atoms with Gasteiger partial charge in [-0.3, -0.25) is 9.59 Å². The third kappa shape index (κ3) is 4.00. The SMILES string of the molecule is O=C(NC[C@@H]1CCCC[C@H]1O)C(=O)Nc1c(F)cccc1F. The topological polar surface area (TPSA) is 78.4 Å². The lowest BCUT2D eigenvalue weighted by atomic mass is 9.86. The summed E-state index contributed by atoms with van der Waals surface area (Å²) >= 11 is 0. The molecule has 0 aromatic heterocycles. The van der Waals surface area contributed by atoms with Crippen LogP contribution < -0.4 is 10.6 Å². The van der Waals surface area contributed by atoms with Crippen LogP contribution in [0.15, 0.2) is 18.2 Å². The Kier molecular flexibility index (Phi) is 5.43. The first kappa shape index (κ1) is 16.4. The van der Waals surface area contributed by atoms with Gasteiger partial charge in [-0.15, -0.1) is 0 Å². The fourth-order valence-electron chi connectivity index (χ4n) is 2.52. The summed E-state index contributed by atoms with van der Waals surface area (Å²) < 4.78 is 26.8. The van der Waals surface area contributed by atoms with Gasteiger partial charge >= 0.3 is 11.8 Å². The van der Waals surface area contributed by atoms with E-state index in [1.165, 1.54) is 0 Å². The van der Waals surface area contributed by atoms with E-state index in [0.717, 1.165) is 37.5 Å². The largest absolute Gasteiger partial charge is 0.393 e. The van der Waals surface area contributed by atoms with Gasteiger partial charge < -0.3 is 15.7 Å². The number of carbonyl (C=O) groups excluding carboxylic acids is 2. The third-order valence-corrected chi connectivity index (χ3v) is 3.80. The van der Waals surface area contributed by atoms with Gasteiger partial charge in [-0.1, -0.05) is 18.9 Å². The maximum Gasteiger partial charge on any atom is 0.313 e. The number of para-hydroxylation sites is 1. The second kappa shape index (κ2) is 7.31. The van der Waals surface area contributed by atoms with Crippen molar-refractivity contribution in [1.82, 2.24) is 5.32 Å². The molecule has 1 aromatic carbocycles. The van der Waals surface area contributed by atoms with Gasteiger partial charge in [-0.05, 0) is 25.0 Å². The van der Waals surface area contributed by atoms with Crippen molar-refractivity contribution in [2.45, 2.75) is 31.8 Å². The van der Waals surface area contributed by atoms with E-state index in [-0.39, 0.29) is 12.5 Å². The number of carbonyl (C=O) groups is 2. The predicted molar refractivity (Wildman–Crippen MR) is 76.0 cm³/mol. The number of anilines is 1. The van der Waals surface area contributed by atoms with Crippen LogP contribution in [0.25, 0.3) is 0 Å². The molecule has 1 aromatic rings. The number of rotatable bonds is 3. The van der Waals surface area contributed by atoms with Crippen molar-refractivity contribution in [3.05, 3.63) is 29.8 Å². The van der Waals surface area contributed by atoms with E-state index in [1.807, 2.05) is 5.32 Å². The number of aliphatic hydroxyl groups excluding tert-OH is 1. The molecule has 120 valence electrons. The predicted octanol–water partition coefficient (Wildman–Crippen LogP) is 1.57. The molecule has 2 rings (SSSR count). The van der Waals surface area contributed by atoms with Gasteiger partial charge in [0.1, 0.15) is 17.3 Å². The van der Waals surface area contributed by atoms with Crippen LogP contribution in [0.5, 0.6) is 0 Å². The summed E-state index contributed by atoms with van der Waals surface area (Å²) in [6, 6.07) is 3.12. The van der Waals surface area contributed by atoms with Gasteiger partial charge in [-0.2, -0.15) is 0 Å². The summed E-state index contributed by atoms with van der Waals surface area (Å²) in [5.74, 6) is -4.14. The summed E-state index contributed by atoms with van der Waals surface area (Å²) in [6.45, 7) is 0.160. The van der Waals surface area contributed by atoms with Crippen LogP contribution in [0, 0.1) is 17.6 Å². The molecular formula is C15H18F2N2O3. The maximum absolute atomic E-state index is 13.4. The van der Waals surface area contributed by atoms with E-state index in [4.69, 9.17) is 0 Å². The van der Waals surface area contributed by atoms with Crippen LogP contribution in [0.1, 0.15) is 25.7 Å². The van der Waals surface area contributed by atoms with Crippen LogP contribution >= 0.6 is 0 Å². The van der Waals surface area contributed by atoms with Gasteiger partial charge in [-0.25, -0.2) is 8.78 Å². The van der Waals surface area contributed by atoms with Gasteiger partial charge in [0.05, 0.1) is 6.10 Å². The lowest BCUT2D eigenvalue weighted by molar-refractivity contribution is -0.136. The van der Waals surface area contributed by atoms with Crippen molar-refractivity contribution in [3.8, 4) is 0 Å². The Hall–Kier alpha value is -2.02. The molecule has 5 nitrogen and oxygen atoms in total. The normalized spacial score (nSPS) is 21.2. The third-order valence-electron chi connectivity index (χ3n) is 3.80. The van der Waals surface area contributed by atoms with E-state index >= 15 is 0 Å². The average molecular weight is 312 g/mol. The Morgan fingerprint density at radius 3 is 2.41 bits per heavy atom. The minimum atomic E-state index is -1.14. The van der Waals surface area contributed by atoms with E-state index in [1.54, 1.807) is 0 Å². The van der Waals surface area contributed by atoms with Crippen molar-refractivity contribution in [3.63, 3.8) is 0 Å². The molecule has 0 unspecified atom stereocenters. The fourth-order valence-corrected chi connectivity index (χ4v) is 2.52. The zero-order valence-electron chi connectivity index (χ0n) is 11.9. The minimum Gasteiger partial charge on any atom is -0.393 e. The van der Waals surface area contributed by atoms with Crippen LogP contribution in [0.4, 0.5) is 14.5 Å². The molecule has 1 aliphatic rings. The molecule has 1 aliphatic carbocycles. The molecule has 0 spiro atoms. The summed E-state index contributed by atoms with van der Waals surface area (Å²) in [4.78, 5) is 23.3. The van der Waals surface area contributed by atoms with E-state index in [2.05, 4.69) is 5.32 Å². The standard InChI is InChI=1S/C15H18F2N2O3/c16-10-5-3-6-11(17)13(10)19-15(22)14(21)18-8-9-4-1-2-7-12(9)20/h3,5-6,9,12,20H,1-2,4,7-8H2,(H,18,21)(H,19,22)/t9-,12+/m0/s1. The summed E-state index contributed by atoms with van der Waals surface area (Å²) in [5.41, 5.74) is -0.652. The molecule has 7 heteroatoms. The van der Waals surface area contributed by atoms with Crippen molar-refractivity contribution < 1.29 is 23.5 Å². The maximum atomic E-state index is 13.4. The summed E-state index contributed by atoms with van der Waals surface area (Å²) in [6.07, 6.45) is 2.85. The first-order valence-corrected chi connectivity index (χ1v) is 7.20. The van der Waals surface area contributed by atoms with Crippen molar-refractivity contribution in [2.75, 3.05) is 11.9 Å². The number of halogens is 2. The van der Waals surface area contributed by atoms with Crippen molar-refractivity contribution in [2.24, 2.45) is 5.92 Å². The highest BCUT2D eigenvalue weighted by Gasteiger charge is 2.25. The van der Waals surface area contributed by atoms with Crippen LogP contribution in [-0.2, 0) is 9.59 Å². The highest BCUT2D eigenvalue weighted by atomic mass is 19.1. The van der Waals surface area contributed by atoms with Crippen LogP contribution in [0.3, 0.4) is 0 Å². The lowest BCUT2D eigenvalue weighted by Crippen LogP contribution is -2.41. The minimum absolute atomic E-state index is 0.101.